The van der Waals surface area contributed by atoms with Gasteiger partial charge in [-0.2, -0.15) is 0 Å². The van der Waals surface area contributed by atoms with Crippen LogP contribution in [-0.4, -0.2) is 18.1 Å². The molecule has 0 unspecified atom stereocenters. The number of rotatable bonds is 2. The van der Waals surface area contributed by atoms with Gasteiger partial charge in [0.2, 0.25) is 0 Å². The van der Waals surface area contributed by atoms with E-state index in [0.717, 1.165) is 7.11 Å². The molecule has 0 saturated carbocycles. The fourth-order valence-corrected chi connectivity index (χ4v) is 1.25. The van der Waals surface area contributed by atoms with Crippen molar-refractivity contribution in [1.29, 1.82) is 0 Å². The lowest BCUT2D eigenvalue weighted by Gasteiger charge is -2.09. The number of ether oxygens (including phenoxy) is 1. The molecule has 0 aliphatic heterocycles. The smallest absolute Gasteiger partial charge is 0.340 e. The van der Waals surface area contributed by atoms with Crippen LogP contribution in [0.25, 0.3) is 0 Å². The summed E-state index contributed by atoms with van der Waals surface area (Å²) in [6.45, 7) is 1.50. The Balaban J connectivity index is 3.40. The van der Waals surface area contributed by atoms with Crippen LogP contribution in [0, 0.1) is 6.92 Å². The quantitative estimate of drug-likeness (QED) is 0.764. The second-order valence-electron chi connectivity index (χ2n) is 2.92. The van der Waals surface area contributed by atoms with Crippen molar-refractivity contribution in [3.05, 3.63) is 22.9 Å². The highest BCUT2D eigenvalue weighted by atomic mass is 19.3. The fraction of sp³-hybridized carbons (Fsp3) is 0.333. The van der Waals surface area contributed by atoms with E-state index in [1.54, 1.807) is 0 Å². The van der Waals surface area contributed by atoms with E-state index >= 15 is 0 Å². The van der Waals surface area contributed by atoms with Crippen LogP contribution in [0.15, 0.2) is 6.07 Å². The SMILES string of the molecule is COC(=O)c1c(C)cc(N)nc1C(F)F. The predicted molar refractivity (Wildman–Crippen MR) is 49.7 cm³/mol. The monoisotopic (exact) mass is 216 g/mol. The number of carbonyl (C=O) groups is 1. The number of halogens is 2. The molecule has 0 aliphatic carbocycles. The number of alkyl halides is 2. The Labute approximate surface area is 85.1 Å². The molecule has 0 radical (unpaired) electrons. The molecular weight excluding hydrogens is 206 g/mol. The van der Waals surface area contributed by atoms with Gasteiger partial charge in [0.15, 0.2) is 0 Å². The van der Waals surface area contributed by atoms with Crippen molar-refractivity contribution in [3.63, 3.8) is 0 Å². The first-order chi connectivity index (χ1) is 6.97. The zero-order valence-electron chi connectivity index (χ0n) is 8.25. The van der Waals surface area contributed by atoms with Crippen molar-refractivity contribution >= 4 is 11.8 Å². The molecule has 0 amide bonds. The number of hydrogen-bond donors (Lipinski definition) is 1. The Kier molecular flexibility index (Phi) is 3.18. The number of carbonyl (C=O) groups excluding carboxylic acids is 1. The highest BCUT2D eigenvalue weighted by Gasteiger charge is 2.23. The first-order valence-corrected chi connectivity index (χ1v) is 4.10. The Morgan fingerprint density at radius 2 is 2.20 bits per heavy atom. The number of aryl methyl sites for hydroxylation is 1. The highest BCUT2D eigenvalue weighted by Crippen LogP contribution is 2.25. The molecule has 6 heteroatoms. The summed E-state index contributed by atoms with van der Waals surface area (Å²) in [6.07, 6.45) is -2.86. The summed E-state index contributed by atoms with van der Waals surface area (Å²) < 4.78 is 29.5. The van der Waals surface area contributed by atoms with E-state index in [-0.39, 0.29) is 11.4 Å². The molecule has 15 heavy (non-hydrogen) atoms. The topological polar surface area (TPSA) is 65.2 Å². The number of esters is 1. The van der Waals surface area contributed by atoms with Crippen molar-refractivity contribution in [2.45, 2.75) is 13.3 Å². The molecule has 1 heterocycles. The largest absolute Gasteiger partial charge is 0.465 e. The number of pyridine rings is 1. The molecule has 1 aromatic rings. The van der Waals surface area contributed by atoms with Gasteiger partial charge < -0.3 is 10.5 Å². The van der Waals surface area contributed by atoms with E-state index in [2.05, 4.69) is 9.72 Å². The lowest BCUT2D eigenvalue weighted by Crippen LogP contribution is -2.12. The lowest BCUT2D eigenvalue weighted by atomic mass is 10.1. The normalized spacial score (nSPS) is 10.5. The molecule has 0 aromatic carbocycles. The van der Waals surface area contributed by atoms with Crippen LogP contribution in [-0.2, 0) is 4.74 Å². The maximum Gasteiger partial charge on any atom is 0.340 e. The molecule has 2 N–H and O–H groups in total. The van der Waals surface area contributed by atoms with Gasteiger partial charge in [-0.1, -0.05) is 0 Å². The van der Waals surface area contributed by atoms with Crippen molar-refractivity contribution in [2.75, 3.05) is 12.8 Å². The molecule has 0 spiro atoms. The van der Waals surface area contributed by atoms with Gasteiger partial charge in [-0.3, -0.25) is 0 Å². The standard InChI is InChI=1S/C9H10F2N2O2/c1-4-3-5(12)13-7(8(10)11)6(4)9(14)15-2/h3,8H,1-2H3,(H2,12,13). The minimum absolute atomic E-state index is 0.0459. The molecule has 0 saturated heterocycles. The average Bonchev–Trinajstić information content (AvgIpc) is 2.15. The highest BCUT2D eigenvalue weighted by molar-refractivity contribution is 5.92. The summed E-state index contributed by atoms with van der Waals surface area (Å²) in [6, 6.07) is 1.35. The predicted octanol–water partition coefficient (Wildman–Crippen LogP) is 1.70. The van der Waals surface area contributed by atoms with Gasteiger partial charge in [0.1, 0.15) is 11.5 Å². The molecule has 1 rings (SSSR count). The van der Waals surface area contributed by atoms with E-state index in [1.807, 2.05) is 0 Å². The van der Waals surface area contributed by atoms with E-state index in [4.69, 9.17) is 5.73 Å². The van der Waals surface area contributed by atoms with Gasteiger partial charge in [-0.25, -0.2) is 18.6 Å². The Bertz CT molecular complexity index is 394. The van der Waals surface area contributed by atoms with Crippen molar-refractivity contribution in [3.8, 4) is 0 Å². The Morgan fingerprint density at radius 3 is 2.67 bits per heavy atom. The minimum atomic E-state index is -2.86. The summed E-state index contributed by atoms with van der Waals surface area (Å²) in [5.41, 5.74) is 4.77. The summed E-state index contributed by atoms with van der Waals surface area (Å²) in [4.78, 5) is 14.7. The zero-order valence-corrected chi connectivity index (χ0v) is 8.25. The Hall–Kier alpha value is -1.72. The molecule has 0 aliphatic rings. The van der Waals surface area contributed by atoms with E-state index in [0.29, 0.717) is 5.56 Å². The summed E-state index contributed by atoms with van der Waals surface area (Å²) in [7, 11) is 1.12. The molecule has 0 fully saturated rings. The van der Waals surface area contributed by atoms with Gasteiger partial charge in [-0.05, 0) is 18.6 Å². The number of nitrogens with zero attached hydrogens (tertiary/aromatic N) is 1. The van der Waals surface area contributed by atoms with Crippen LogP contribution in [0.2, 0.25) is 0 Å². The van der Waals surface area contributed by atoms with Gasteiger partial charge in [0.25, 0.3) is 6.43 Å². The van der Waals surface area contributed by atoms with Crippen LogP contribution in [0.3, 0.4) is 0 Å². The number of anilines is 1. The first kappa shape index (κ1) is 11.4. The van der Waals surface area contributed by atoms with Gasteiger partial charge in [0, 0.05) is 0 Å². The van der Waals surface area contributed by atoms with Crippen molar-refractivity contribution in [2.24, 2.45) is 0 Å². The molecule has 82 valence electrons. The molecule has 1 aromatic heterocycles. The van der Waals surface area contributed by atoms with Gasteiger partial charge >= 0.3 is 5.97 Å². The Morgan fingerprint density at radius 1 is 1.60 bits per heavy atom. The van der Waals surface area contributed by atoms with Crippen molar-refractivity contribution in [1.82, 2.24) is 4.98 Å². The first-order valence-electron chi connectivity index (χ1n) is 4.10. The van der Waals surface area contributed by atoms with Crippen LogP contribution < -0.4 is 5.73 Å². The van der Waals surface area contributed by atoms with Crippen LogP contribution in [0.4, 0.5) is 14.6 Å². The number of aromatic nitrogens is 1. The lowest BCUT2D eigenvalue weighted by molar-refractivity contribution is 0.0586. The van der Waals surface area contributed by atoms with Gasteiger partial charge in [0.05, 0.1) is 12.7 Å². The maximum atomic E-state index is 12.6. The summed E-state index contributed by atoms with van der Waals surface area (Å²) in [5.74, 6) is -0.884. The van der Waals surface area contributed by atoms with E-state index in [1.165, 1.54) is 13.0 Å². The third kappa shape index (κ3) is 2.20. The second-order valence-corrected chi connectivity index (χ2v) is 2.92. The van der Waals surface area contributed by atoms with Crippen LogP contribution in [0.1, 0.15) is 28.0 Å². The van der Waals surface area contributed by atoms with Crippen LogP contribution >= 0.6 is 0 Å². The van der Waals surface area contributed by atoms with Gasteiger partial charge in [-0.15, -0.1) is 0 Å². The third-order valence-electron chi connectivity index (χ3n) is 1.86. The van der Waals surface area contributed by atoms with Crippen LogP contribution in [0.5, 0.6) is 0 Å². The average molecular weight is 216 g/mol. The van der Waals surface area contributed by atoms with Crippen molar-refractivity contribution < 1.29 is 18.3 Å². The minimum Gasteiger partial charge on any atom is -0.465 e. The molecule has 0 atom stereocenters. The second kappa shape index (κ2) is 4.20. The number of hydrogen-bond acceptors (Lipinski definition) is 4. The van der Waals surface area contributed by atoms with E-state index in [9.17, 15) is 13.6 Å². The summed E-state index contributed by atoms with van der Waals surface area (Å²) in [5, 5.41) is 0. The molecular formula is C9H10F2N2O2. The fourth-order valence-electron chi connectivity index (χ4n) is 1.25. The third-order valence-corrected chi connectivity index (χ3v) is 1.86. The molecule has 4 nitrogen and oxygen atoms in total. The maximum absolute atomic E-state index is 12.6. The number of methoxy groups -OCH3 is 1. The van der Waals surface area contributed by atoms with E-state index < -0.39 is 18.1 Å². The summed E-state index contributed by atoms with van der Waals surface area (Å²) >= 11 is 0. The number of nitrogens with two attached hydrogens (primary N) is 1. The molecule has 0 bridgehead atoms. The number of nitrogen functional groups attached to an aromatic ring is 1. The zero-order chi connectivity index (χ0) is 11.6.